The molecule has 0 radical (unpaired) electrons. The smallest absolute Gasteiger partial charge is 0.315 e. The van der Waals surface area contributed by atoms with E-state index in [0.29, 0.717) is 18.1 Å². The molecule has 5 nitrogen and oxygen atoms in total. The lowest BCUT2D eigenvalue weighted by molar-refractivity contribution is -0.153. The number of carboxylic acid groups (broad SMARTS) is 1. The Hall–Kier alpha value is -0.910. The number of thioether (sulfide) groups is 1. The SMILES string of the molecule is CCSC1CCCC1NC(=O)NCC1(C(=O)O)CCC1. The predicted octanol–water partition coefficient (Wildman–Crippen LogP) is 2.21. The van der Waals surface area contributed by atoms with Gasteiger partial charge >= 0.3 is 12.0 Å². The summed E-state index contributed by atoms with van der Waals surface area (Å²) in [5, 5.41) is 15.5. The Balaban J connectivity index is 1.76. The molecular weight excluding hydrogens is 276 g/mol. The van der Waals surface area contributed by atoms with Crippen LogP contribution < -0.4 is 10.6 Å². The average molecular weight is 300 g/mol. The van der Waals surface area contributed by atoms with Gasteiger partial charge in [0.05, 0.1) is 5.41 Å². The molecule has 2 fully saturated rings. The number of urea groups is 1. The minimum Gasteiger partial charge on any atom is -0.481 e. The number of hydrogen-bond acceptors (Lipinski definition) is 3. The van der Waals surface area contributed by atoms with Gasteiger partial charge in [0.25, 0.3) is 0 Å². The van der Waals surface area contributed by atoms with Crippen LogP contribution in [0.1, 0.15) is 45.4 Å². The molecule has 0 bridgehead atoms. The van der Waals surface area contributed by atoms with Gasteiger partial charge in [-0.05, 0) is 31.4 Å². The molecule has 0 spiro atoms. The van der Waals surface area contributed by atoms with Crippen LogP contribution in [0, 0.1) is 5.41 Å². The van der Waals surface area contributed by atoms with Crippen molar-refractivity contribution in [1.82, 2.24) is 10.6 Å². The van der Waals surface area contributed by atoms with Gasteiger partial charge in [-0.3, -0.25) is 4.79 Å². The Kier molecular flexibility index (Phi) is 5.18. The van der Waals surface area contributed by atoms with Crippen molar-refractivity contribution >= 4 is 23.8 Å². The second-order valence-electron chi connectivity index (χ2n) is 5.80. The van der Waals surface area contributed by atoms with Crippen LogP contribution in [0.2, 0.25) is 0 Å². The maximum Gasteiger partial charge on any atom is 0.315 e. The molecular formula is C14H24N2O3S. The zero-order valence-corrected chi connectivity index (χ0v) is 12.8. The summed E-state index contributed by atoms with van der Waals surface area (Å²) in [5.41, 5.74) is -0.718. The van der Waals surface area contributed by atoms with E-state index in [1.807, 2.05) is 11.8 Å². The number of amides is 2. The van der Waals surface area contributed by atoms with Gasteiger partial charge in [0.2, 0.25) is 0 Å². The molecule has 0 heterocycles. The molecule has 2 amide bonds. The molecule has 2 saturated carbocycles. The summed E-state index contributed by atoms with van der Waals surface area (Å²) in [4.78, 5) is 23.2. The molecule has 114 valence electrons. The Morgan fingerprint density at radius 3 is 2.60 bits per heavy atom. The standard InChI is InChI=1S/C14H24N2O3S/c1-2-20-11-6-3-5-10(11)16-13(19)15-9-14(12(17)18)7-4-8-14/h10-11H,2-9H2,1H3,(H,17,18)(H2,15,16,19). The number of nitrogens with one attached hydrogen (secondary N) is 2. The molecule has 2 rings (SSSR count). The monoisotopic (exact) mass is 300 g/mol. The van der Waals surface area contributed by atoms with E-state index in [-0.39, 0.29) is 18.6 Å². The third kappa shape index (κ3) is 3.40. The maximum atomic E-state index is 11.9. The molecule has 0 saturated heterocycles. The number of carbonyl (C=O) groups is 2. The first kappa shape index (κ1) is 15.5. The van der Waals surface area contributed by atoms with Gasteiger partial charge in [0.15, 0.2) is 0 Å². The van der Waals surface area contributed by atoms with Crippen LogP contribution in [0.3, 0.4) is 0 Å². The van der Waals surface area contributed by atoms with Crippen LogP contribution >= 0.6 is 11.8 Å². The third-order valence-corrected chi connectivity index (χ3v) is 5.83. The van der Waals surface area contributed by atoms with Crippen molar-refractivity contribution in [3.8, 4) is 0 Å². The van der Waals surface area contributed by atoms with Gasteiger partial charge < -0.3 is 15.7 Å². The first-order valence-corrected chi connectivity index (χ1v) is 8.51. The molecule has 0 aliphatic heterocycles. The number of hydrogen-bond donors (Lipinski definition) is 3. The van der Waals surface area contributed by atoms with E-state index < -0.39 is 11.4 Å². The summed E-state index contributed by atoms with van der Waals surface area (Å²) < 4.78 is 0. The summed E-state index contributed by atoms with van der Waals surface area (Å²) in [6, 6.07) is 0.00764. The summed E-state index contributed by atoms with van der Waals surface area (Å²) in [5.74, 6) is 0.274. The van der Waals surface area contributed by atoms with Crippen LogP contribution in [0.25, 0.3) is 0 Å². The minimum atomic E-state index is -0.788. The van der Waals surface area contributed by atoms with E-state index in [0.717, 1.165) is 31.4 Å². The Labute approximate surface area is 124 Å². The maximum absolute atomic E-state index is 11.9. The lowest BCUT2D eigenvalue weighted by atomic mass is 9.69. The number of carbonyl (C=O) groups excluding carboxylic acids is 1. The van der Waals surface area contributed by atoms with E-state index >= 15 is 0 Å². The Bertz CT molecular complexity index is 371. The quantitative estimate of drug-likeness (QED) is 0.703. The van der Waals surface area contributed by atoms with Crippen molar-refractivity contribution in [2.75, 3.05) is 12.3 Å². The van der Waals surface area contributed by atoms with Crippen molar-refractivity contribution in [3.05, 3.63) is 0 Å². The summed E-state index contributed by atoms with van der Waals surface area (Å²) in [6.45, 7) is 2.37. The van der Waals surface area contributed by atoms with Crippen molar-refractivity contribution in [3.63, 3.8) is 0 Å². The Morgan fingerprint density at radius 2 is 2.05 bits per heavy atom. The molecule has 3 N–H and O–H groups in total. The van der Waals surface area contributed by atoms with Crippen LogP contribution in [-0.2, 0) is 4.79 Å². The number of carboxylic acids is 1. The molecule has 2 aliphatic rings. The molecule has 6 heteroatoms. The van der Waals surface area contributed by atoms with Gasteiger partial charge in [-0.2, -0.15) is 11.8 Å². The fourth-order valence-electron chi connectivity index (χ4n) is 3.04. The van der Waals surface area contributed by atoms with Crippen LogP contribution in [-0.4, -0.2) is 40.7 Å². The van der Waals surface area contributed by atoms with Gasteiger partial charge in [0.1, 0.15) is 0 Å². The van der Waals surface area contributed by atoms with Crippen molar-refractivity contribution < 1.29 is 14.7 Å². The molecule has 0 aromatic rings. The highest BCUT2D eigenvalue weighted by Gasteiger charge is 2.44. The topological polar surface area (TPSA) is 78.4 Å². The zero-order valence-electron chi connectivity index (χ0n) is 12.0. The largest absolute Gasteiger partial charge is 0.481 e. The van der Waals surface area contributed by atoms with Gasteiger partial charge in [-0.15, -0.1) is 0 Å². The second-order valence-corrected chi connectivity index (χ2v) is 7.31. The van der Waals surface area contributed by atoms with E-state index in [4.69, 9.17) is 0 Å². The average Bonchev–Trinajstić information content (AvgIpc) is 2.75. The summed E-state index contributed by atoms with van der Waals surface area (Å²) in [6.07, 6.45) is 5.60. The molecule has 20 heavy (non-hydrogen) atoms. The zero-order chi connectivity index (χ0) is 14.6. The molecule has 2 atom stereocenters. The van der Waals surface area contributed by atoms with Crippen molar-refractivity contribution in [1.29, 1.82) is 0 Å². The summed E-state index contributed by atoms with van der Waals surface area (Å²) in [7, 11) is 0. The number of rotatable bonds is 6. The van der Waals surface area contributed by atoms with Crippen molar-refractivity contribution in [2.45, 2.75) is 56.7 Å². The second kappa shape index (κ2) is 6.70. The van der Waals surface area contributed by atoms with Crippen molar-refractivity contribution in [2.24, 2.45) is 5.41 Å². The highest BCUT2D eigenvalue weighted by Crippen LogP contribution is 2.40. The molecule has 0 aromatic heterocycles. The first-order valence-electron chi connectivity index (χ1n) is 7.47. The number of aliphatic carboxylic acids is 1. The molecule has 0 aromatic carbocycles. The lowest BCUT2D eigenvalue weighted by Gasteiger charge is -2.37. The summed E-state index contributed by atoms with van der Waals surface area (Å²) >= 11 is 1.90. The minimum absolute atomic E-state index is 0.217. The molecule has 2 aliphatic carbocycles. The highest BCUT2D eigenvalue weighted by molar-refractivity contribution is 7.99. The molecule has 2 unspecified atom stereocenters. The van der Waals surface area contributed by atoms with E-state index in [1.165, 1.54) is 0 Å². The van der Waals surface area contributed by atoms with Crippen LogP contribution in [0.15, 0.2) is 0 Å². The Morgan fingerprint density at radius 1 is 1.30 bits per heavy atom. The van der Waals surface area contributed by atoms with Gasteiger partial charge in [-0.25, -0.2) is 4.79 Å². The normalized spacial score (nSPS) is 27.6. The van der Waals surface area contributed by atoms with Crippen LogP contribution in [0.4, 0.5) is 4.79 Å². The lowest BCUT2D eigenvalue weighted by Crippen LogP contribution is -2.52. The van der Waals surface area contributed by atoms with E-state index in [9.17, 15) is 14.7 Å². The fourth-order valence-corrected chi connectivity index (χ4v) is 4.24. The predicted molar refractivity (Wildman–Crippen MR) is 80.0 cm³/mol. The van der Waals surface area contributed by atoms with Gasteiger partial charge in [0, 0.05) is 17.8 Å². The van der Waals surface area contributed by atoms with E-state index in [1.54, 1.807) is 0 Å². The van der Waals surface area contributed by atoms with Gasteiger partial charge in [-0.1, -0.05) is 19.8 Å². The van der Waals surface area contributed by atoms with Crippen LogP contribution in [0.5, 0.6) is 0 Å². The van der Waals surface area contributed by atoms with E-state index in [2.05, 4.69) is 17.6 Å². The third-order valence-electron chi connectivity index (χ3n) is 4.50. The fraction of sp³-hybridized carbons (Fsp3) is 0.857. The highest BCUT2D eigenvalue weighted by atomic mass is 32.2. The first-order chi connectivity index (χ1) is 9.57.